The van der Waals surface area contributed by atoms with Crippen LogP contribution in [0.4, 0.5) is 14.9 Å². The standard InChI is InChI=1S/C16H14FN2O4/c17-14-3-1-2-4-15(14)19(16(18)21)11-23-13-7-5-12(6-8-13)22-10-9-20/h1-8H,10-11H2,(H2,18,21). The molecule has 0 spiro atoms. The number of carbonyl (C=O) groups excluding carboxylic acids is 2. The summed E-state index contributed by atoms with van der Waals surface area (Å²) in [4.78, 5) is 22.6. The molecule has 7 heteroatoms. The van der Waals surface area contributed by atoms with E-state index in [0.717, 1.165) is 4.90 Å². The number of para-hydroxylation sites is 1. The molecule has 119 valence electrons. The van der Waals surface area contributed by atoms with Crippen LogP contribution in [-0.4, -0.2) is 25.7 Å². The van der Waals surface area contributed by atoms with Crippen LogP contribution >= 0.6 is 0 Å². The molecule has 0 heterocycles. The Kier molecular flexibility index (Phi) is 5.51. The van der Waals surface area contributed by atoms with Gasteiger partial charge in [-0.05, 0) is 36.4 Å². The highest BCUT2D eigenvalue weighted by molar-refractivity contribution is 5.90. The summed E-state index contributed by atoms with van der Waals surface area (Å²) < 4.78 is 24.2. The van der Waals surface area contributed by atoms with Crippen LogP contribution in [0.1, 0.15) is 0 Å². The lowest BCUT2D eigenvalue weighted by molar-refractivity contribution is 0.243. The first-order valence-corrected chi connectivity index (χ1v) is 6.64. The first kappa shape index (κ1) is 16.3. The molecule has 23 heavy (non-hydrogen) atoms. The summed E-state index contributed by atoms with van der Waals surface area (Å²) in [7, 11) is 0. The fraction of sp³-hybridized carbons (Fsp3) is 0.125. The van der Waals surface area contributed by atoms with E-state index in [9.17, 15) is 14.0 Å². The molecule has 2 aromatic rings. The third-order valence-electron chi connectivity index (χ3n) is 2.89. The van der Waals surface area contributed by atoms with Crippen LogP contribution in [0.5, 0.6) is 11.5 Å². The maximum atomic E-state index is 13.7. The van der Waals surface area contributed by atoms with Gasteiger partial charge in [-0.3, -0.25) is 9.69 Å². The number of amides is 2. The molecule has 2 N–H and O–H groups in total. The molecule has 0 unspecified atom stereocenters. The maximum Gasteiger partial charge on any atom is 0.322 e. The molecule has 0 aromatic heterocycles. The number of nitrogens with zero attached hydrogens (tertiary/aromatic N) is 1. The summed E-state index contributed by atoms with van der Waals surface area (Å²) in [6.07, 6.45) is 1.61. The second kappa shape index (κ2) is 7.79. The molecule has 2 amide bonds. The van der Waals surface area contributed by atoms with E-state index < -0.39 is 11.8 Å². The predicted molar refractivity (Wildman–Crippen MR) is 81.6 cm³/mol. The zero-order valence-corrected chi connectivity index (χ0v) is 12.1. The van der Waals surface area contributed by atoms with Gasteiger partial charge in [0, 0.05) is 0 Å². The van der Waals surface area contributed by atoms with Crippen molar-refractivity contribution < 1.29 is 23.5 Å². The maximum absolute atomic E-state index is 13.7. The molecule has 1 radical (unpaired) electrons. The topological polar surface area (TPSA) is 81.9 Å². The van der Waals surface area contributed by atoms with Crippen molar-refractivity contribution in [3.8, 4) is 11.5 Å². The first-order chi connectivity index (χ1) is 11.1. The van der Waals surface area contributed by atoms with Crippen LogP contribution < -0.4 is 20.1 Å². The Hall–Kier alpha value is -3.09. The van der Waals surface area contributed by atoms with Gasteiger partial charge in [0.25, 0.3) is 0 Å². The fourth-order valence-electron chi connectivity index (χ4n) is 1.81. The van der Waals surface area contributed by atoms with E-state index >= 15 is 0 Å². The number of carbonyl (C=O) groups is 1. The number of rotatable bonds is 7. The van der Waals surface area contributed by atoms with Gasteiger partial charge >= 0.3 is 6.03 Å². The Morgan fingerprint density at radius 2 is 1.70 bits per heavy atom. The van der Waals surface area contributed by atoms with Gasteiger partial charge in [-0.15, -0.1) is 0 Å². The number of hydrogen-bond acceptors (Lipinski definition) is 4. The Morgan fingerprint density at radius 1 is 1.09 bits per heavy atom. The molecular formula is C16H14FN2O4. The van der Waals surface area contributed by atoms with Crippen LogP contribution in [0.15, 0.2) is 48.5 Å². The van der Waals surface area contributed by atoms with Crippen molar-refractivity contribution in [2.24, 2.45) is 5.73 Å². The van der Waals surface area contributed by atoms with Crippen LogP contribution in [-0.2, 0) is 4.79 Å². The number of benzene rings is 2. The monoisotopic (exact) mass is 317 g/mol. The molecule has 2 aromatic carbocycles. The Balaban J connectivity index is 2.03. The van der Waals surface area contributed by atoms with Gasteiger partial charge in [0.2, 0.25) is 6.29 Å². The fourth-order valence-corrected chi connectivity index (χ4v) is 1.81. The lowest BCUT2D eigenvalue weighted by Crippen LogP contribution is -2.39. The molecule has 6 nitrogen and oxygen atoms in total. The Labute approximate surface area is 132 Å². The number of ether oxygens (including phenoxy) is 2. The number of hydrogen-bond donors (Lipinski definition) is 1. The predicted octanol–water partition coefficient (Wildman–Crippen LogP) is 2.24. The second-order valence-electron chi connectivity index (χ2n) is 4.40. The normalized spacial score (nSPS) is 9.96. The van der Waals surface area contributed by atoms with E-state index in [-0.39, 0.29) is 19.0 Å². The molecular weight excluding hydrogens is 303 g/mol. The molecule has 0 saturated carbocycles. The summed E-state index contributed by atoms with van der Waals surface area (Å²) >= 11 is 0. The van der Waals surface area contributed by atoms with Crippen molar-refractivity contribution in [1.29, 1.82) is 0 Å². The van der Waals surface area contributed by atoms with E-state index in [2.05, 4.69) is 0 Å². The van der Waals surface area contributed by atoms with Gasteiger partial charge in [-0.25, -0.2) is 9.18 Å². The highest BCUT2D eigenvalue weighted by atomic mass is 19.1. The van der Waals surface area contributed by atoms with Gasteiger partial charge < -0.3 is 15.2 Å². The minimum Gasteiger partial charge on any atom is -0.485 e. The molecule has 0 aliphatic rings. The largest absolute Gasteiger partial charge is 0.485 e. The number of anilines is 1. The number of primary amides is 1. The zero-order valence-electron chi connectivity index (χ0n) is 12.1. The number of halogens is 1. The van der Waals surface area contributed by atoms with E-state index in [4.69, 9.17) is 15.2 Å². The molecule has 0 bridgehead atoms. The lowest BCUT2D eigenvalue weighted by atomic mass is 10.3. The molecule has 0 fully saturated rings. The second-order valence-corrected chi connectivity index (χ2v) is 4.40. The molecule has 0 atom stereocenters. The smallest absolute Gasteiger partial charge is 0.322 e. The van der Waals surface area contributed by atoms with E-state index in [0.29, 0.717) is 11.5 Å². The van der Waals surface area contributed by atoms with E-state index in [1.165, 1.54) is 18.2 Å². The average molecular weight is 317 g/mol. The minimum absolute atomic E-state index is 0.0291. The van der Waals surface area contributed by atoms with Crippen molar-refractivity contribution in [2.45, 2.75) is 0 Å². The third-order valence-corrected chi connectivity index (χ3v) is 2.89. The third kappa shape index (κ3) is 4.44. The summed E-state index contributed by atoms with van der Waals surface area (Å²) in [5.41, 5.74) is 5.29. The van der Waals surface area contributed by atoms with Crippen LogP contribution in [0.3, 0.4) is 0 Å². The van der Waals surface area contributed by atoms with Crippen LogP contribution in [0.2, 0.25) is 0 Å². The van der Waals surface area contributed by atoms with Crippen molar-refractivity contribution in [3.63, 3.8) is 0 Å². The summed E-state index contributed by atoms with van der Waals surface area (Å²) in [5, 5.41) is 0. The first-order valence-electron chi connectivity index (χ1n) is 6.64. The van der Waals surface area contributed by atoms with Crippen molar-refractivity contribution in [1.82, 2.24) is 0 Å². The van der Waals surface area contributed by atoms with E-state index in [1.54, 1.807) is 36.6 Å². The van der Waals surface area contributed by atoms with Gasteiger partial charge in [0.15, 0.2) is 13.3 Å². The number of urea groups is 1. The quantitative estimate of drug-likeness (QED) is 0.794. The number of nitrogens with two attached hydrogens (primary N) is 1. The van der Waals surface area contributed by atoms with Crippen LogP contribution in [0, 0.1) is 5.82 Å². The Morgan fingerprint density at radius 3 is 2.26 bits per heavy atom. The van der Waals surface area contributed by atoms with Gasteiger partial charge in [-0.1, -0.05) is 12.1 Å². The van der Waals surface area contributed by atoms with Gasteiger partial charge in [0.05, 0.1) is 5.69 Å². The highest BCUT2D eigenvalue weighted by Gasteiger charge is 2.16. The summed E-state index contributed by atoms with van der Waals surface area (Å²) in [6, 6.07) is 11.3. The van der Waals surface area contributed by atoms with Gasteiger partial charge in [-0.2, -0.15) is 0 Å². The summed E-state index contributed by atoms with van der Waals surface area (Å²) in [6.45, 7) is -0.415. The van der Waals surface area contributed by atoms with Crippen LogP contribution in [0.25, 0.3) is 0 Å². The minimum atomic E-state index is -0.837. The van der Waals surface area contributed by atoms with Crippen molar-refractivity contribution in [3.05, 3.63) is 54.3 Å². The SMILES string of the molecule is NC(=O)N(COc1ccc(OC[C]=O)cc1)c1ccccc1F. The van der Waals surface area contributed by atoms with Gasteiger partial charge in [0.1, 0.15) is 17.3 Å². The van der Waals surface area contributed by atoms with Crippen molar-refractivity contribution in [2.75, 3.05) is 18.2 Å². The zero-order chi connectivity index (χ0) is 16.7. The molecule has 0 saturated heterocycles. The van der Waals surface area contributed by atoms with E-state index in [1.807, 2.05) is 0 Å². The molecule has 0 aliphatic carbocycles. The summed E-state index contributed by atoms with van der Waals surface area (Å²) in [5.74, 6) is 0.320. The molecule has 0 aliphatic heterocycles. The average Bonchev–Trinajstić information content (AvgIpc) is 2.55. The molecule has 2 rings (SSSR count). The van der Waals surface area contributed by atoms with Crippen molar-refractivity contribution >= 4 is 18.0 Å². The highest BCUT2D eigenvalue weighted by Crippen LogP contribution is 2.21. The lowest BCUT2D eigenvalue weighted by Gasteiger charge is -2.21. The Bertz CT molecular complexity index is 676.